The van der Waals surface area contributed by atoms with Gasteiger partial charge < -0.3 is 19.3 Å². The van der Waals surface area contributed by atoms with Crippen LogP contribution in [0.5, 0.6) is 11.5 Å². The number of rotatable bonds is 21. The van der Waals surface area contributed by atoms with Gasteiger partial charge in [0.05, 0.1) is 6.10 Å². The lowest BCUT2D eigenvalue weighted by molar-refractivity contribution is 0.105. The topological polar surface area (TPSA) is 51.2 Å². The molecule has 0 aliphatic heterocycles. The molecule has 262 valence electrons. The fourth-order valence-corrected chi connectivity index (χ4v) is 6.36. The lowest BCUT2D eigenvalue weighted by atomic mass is 10.1. The van der Waals surface area contributed by atoms with E-state index in [1.54, 1.807) is 18.2 Å². The first kappa shape index (κ1) is 37.4. The minimum absolute atomic E-state index is 0.500. The molecule has 0 saturated carbocycles. The fourth-order valence-electron chi connectivity index (χ4n) is 5.81. The molecular formula is C43H47Cl2NO4. The van der Waals surface area contributed by atoms with Gasteiger partial charge in [-0.1, -0.05) is 114 Å². The summed E-state index contributed by atoms with van der Waals surface area (Å²) in [5.74, 6) is 1.61. The van der Waals surface area contributed by atoms with Gasteiger partial charge in [0, 0.05) is 42.4 Å². The summed E-state index contributed by atoms with van der Waals surface area (Å²) in [4.78, 5) is 2.30. The van der Waals surface area contributed by atoms with Crippen molar-refractivity contribution in [3.63, 3.8) is 0 Å². The van der Waals surface area contributed by atoms with Crippen LogP contribution in [0.4, 0.5) is 0 Å². The molecule has 0 radical (unpaired) electrons. The Balaban J connectivity index is 1.04. The van der Waals surface area contributed by atoms with E-state index in [2.05, 4.69) is 53.4 Å². The van der Waals surface area contributed by atoms with Crippen molar-refractivity contribution in [2.75, 3.05) is 26.3 Å². The third-order valence-electron chi connectivity index (χ3n) is 8.40. The predicted octanol–water partition coefficient (Wildman–Crippen LogP) is 10.5. The second-order valence-electron chi connectivity index (χ2n) is 12.6. The Bertz CT molecular complexity index is 1610. The van der Waals surface area contributed by atoms with Crippen LogP contribution in [-0.4, -0.2) is 36.3 Å². The number of ether oxygens (including phenoxy) is 3. The number of aryl methyl sites for hydroxylation is 1. The van der Waals surface area contributed by atoms with Gasteiger partial charge in [-0.25, -0.2) is 0 Å². The van der Waals surface area contributed by atoms with Crippen LogP contribution in [-0.2, 0) is 30.9 Å². The summed E-state index contributed by atoms with van der Waals surface area (Å²) < 4.78 is 18.4. The fraction of sp³-hybridized carbons (Fsp3) is 0.302. The predicted molar refractivity (Wildman–Crippen MR) is 204 cm³/mol. The number of benzene rings is 5. The van der Waals surface area contributed by atoms with Gasteiger partial charge in [0.15, 0.2) is 0 Å². The zero-order valence-corrected chi connectivity index (χ0v) is 30.1. The summed E-state index contributed by atoms with van der Waals surface area (Å²) in [6.07, 6.45) is 4.16. The maximum absolute atomic E-state index is 11.0. The molecule has 1 atom stereocenters. The summed E-state index contributed by atoms with van der Waals surface area (Å²) in [6, 6.07) is 42.2. The average Bonchev–Trinajstić information content (AvgIpc) is 3.13. The third kappa shape index (κ3) is 13.5. The molecule has 0 aliphatic rings. The highest BCUT2D eigenvalue weighted by atomic mass is 35.5. The molecule has 0 aromatic heterocycles. The van der Waals surface area contributed by atoms with Crippen LogP contribution in [0, 0.1) is 0 Å². The van der Waals surface area contributed by atoms with Crippen molar-refractivity contribution in [2.45, 2.75) is 58.0 Å². The number of halogens is 2. The Kier molecular flexibility index (Phi) is 15.5. The molecule has 0 fully saturated rings. The standard InChI is InChI=1S/C43H47Cl2NO4/c44-39-26-38(27-40(45)28-39)43(47)31-46(30-34-14-5-1-6-15-34)21-11-4-12-22-48-23-13-20-37-24-41(49-32-35-16-7-2-8-17-35)29-42(25-37)50-33-36-18-9-3-10-19-36/h1-3,5-10,14-19,24-29,43,47H,4,11-13,20-23,30-33H2. The quantitative estimate of drug-likeness (QED) is 0.0768. The van der Waals surface area contributed by atoms with Crippen LogP contribution in [0.15, 0.2) is 127 Å². The zero-order valence-electron chi connectivity index (χ0n) is 28.6. The minimum Gasteiger partial charge on any atom is -0.489 e. The highest BCUT2D eigenvalue weighted by molar-refractivity contribution is 6.34. The Morgan fingerprint density at radius 3 is 1.68 bits per heavy atom. The van der Waals surface area contributed by atoms with Crippen molar-refractivity contribution in [2.24, 2.45) is 0 Å². The number of unbranched alkanes of at least 4 members (excludes halogenated alkanes) is 2. The Morgan fingerprint density at radius 1 is 0.560 bits per heavy atom. The van der Waals surface area contributed by atoms with E-state index in [0.717, 1.165) is 80.0 Å². The van der Waals surface area contributed by atoms with Crippen molar-refractivity contribution in [3.8, 4) is 11.5 Å². The lowest BCUT2D eigenvalue weighted by Gasteiger charge is -2.25. The first-order valence-electron chi connectivity index (χ1n) is 17.5. The molecular weight excluding hydrogens is 665 g/mol. The van der Waals surface area contributed by atoms with Crippen LogP contribution in [0.1, 0.15) is 59.6 Å². The van der Waals surface area contributed by atoms with Crippen LogP contribution in [0.25, 0.3) is 0 Å². The Labute approximate surface area is 307 Å². The minimum atomic E-state index is -0.680. The second kappa shape index (κ2) is 20.7. The molecule has 5 aromatic carbocycles. The van der Waals surface area contributed by atoms with Crippen LogP contribution in [0.3, 0.4) is 0 Å². The third-order valence-corrected chi connectivity index (χ3v) is 8.84. The van der Waals surface area contributed by atoms with E-state index in [1.165, 1.54) is 11.1 Å². The van der Waals surface area contributed by atoms with Crippen molar-refractivity contribution in [3.05, 3.63) is 165 Å². The summed E-state index contributed by atoms with van der Waals surface area (Å²) in [7, 11) is 0. The van der Waals surface area contributed by atoms with Gasteiger partial charge in [-0.3, -0.25) is 4.90 Å². The van der Waals surface area contributed by atoms with E-state index in [-0.39, 0.29) is 0 Å². The SMILES string of the molecule is OC(CN(CCCCCOCCCc1cc(OCc2ccccc2)cc(OCc2ccccc2)c1)Cc1ccccc1)c1cc(Cl)cc(Cl)c1. The molecule has 7 heteroatoms. The van der Waals surface area contributed by atoms with Gasteiger partial charge in [0.2, 0.25) is 0 Å². The summed E-state index contributed by atoms with van der Waals surface area (Å²) in [5, 5.41) is 12.1. The molecule has 5 rings (SSSR count). The molecule has 0 spiro atoms. The number of hydrogen-bond acceptors (Lipinski definition) is 5. The van der Waals surface area contributed by atoms with E-state index in [9.17, 15) is 5.11 Å². The molecule has 0 saturated heterocycles. The smallest absolute Gasteiger partial charge is 0.123 e. The van der Waals surface area contributed by atoms with E-state index >= 15 is 0 Å². The van der Waals surface area contributed by atoms with E-state index in [4.69, 9.17) is 37.4 Å². The molecule has 1 unspecified atom stereocenters. The van der Waals surface area contributed by atoms with E-state index < -0.39 is 6.10 Å². The van der Waals surface area contributed by atoms with Crippen molar-refractivity contribution in [1.82, 2.24) is 4.90 Å². The van der Waals surface area contributed by atoms with Crippen molar-refractivity contribution in [1.29, 1.82) is 0 Å². The zero-order chi connectivity index (χ0) is 34.8. The van der Waals surface area contributed by atoms with Crippen LogP contribution in [0.2, 0.25) is 10.0 Å². The van der Waals surface area contributed by atoms with Crippen molar-refractivity contribution >= 4 is 23.2 Å². The van der Waals surface area contributed by atoms with Gasteiger partial charge >= 0.3 is 0 Å². The molecule has 50 heavy (non-hydrogen) atoms. The van der Waals surface area contributed by atoms with E-state index in [1.807, 2.05) is 60.7 Å². The first-order valence-corrected chi connectivity index (χ1v) is 18.2. The summed E-state index contributed by atoms with van der Waals surface area (Å²) in [5.41, 5.74) is 5.37. The molecule has 0 bridgehead atoms. The molecule has 0 aliphatic carbocycles. The monoisotopic (exact) mass is 711 g/mol. The summed E-state index contributed by atoms with van der Waals surface area (Å²) in [6.45, 7) is 4.58. The van der Waals surface area contributed by atoms with E-state index in [0.29, 0.717) is 36.4 Å². The average molecular weight is 713 g/mol. The molecule has 1 N–H and O–H groups in total. The lowest BCUT2D eigenvalue weighted by Crippen LogP contribution is -2.29. The first-order chi connectivity index (χ1) is 24.5. The highest BCUT2D eigenvalue weighted by Gasteiger charge is 2.15. The van der Waals surface area contributed by atoms with Gasteiger partial charge in [0.25, 0.3) is 0 Å². The molecule has 5 aromatic rings. The molecule has 0 heterocycles. The Hall–Kier alpha value is -3.84. The molecule has 5 nitrogen and oxygen atoms in total. The number of hydrogen-bond donors (Lipinski definition) is 1. The van der Waals surface area contributed by atoms with Crippen LogP contribution >= 0.6 is 23.2 Å². The van der Waals surface area contributed by atoms with Gasteiger partial charge in [-0.05, 0) is 96.8 Å². The highest BCUT2D eigenvalue weighted by Crippen LogP contribution is 2.27. The largest absolute Gasteiger partial charge is 0.489 e. The Morgan fingerprint density at radius 2 is 1.10 bits per heavy atom. The second-order valence-corrected chi connectivity index (χ2v) is 13.4. The maximum atomic E-state index is 11.0. The van der Waals surface area contributed by atoms with Gasteiger partial charge in [-0.15, -0.1) is 0 Å². The number of nitrogens with zero attached hydrogens (tertiary/aromatic N) is 1. The number of aliphatic hydroxyl groups excluding tert-OH is 1. The number of aliphatic hydroxyl groups is 1. The van der Waals surface area contributed by atoms with Crippen molar-refractivity contribution < 1.29 is 19.3 Å². The maximum Gasteiger partial charge on any atom is 0.123 e. The normalized spacial score (nSPS) is 11.8. The molecule has 0 amide bonds. The van der Waals surface area contributed by atoms with Gasteiger partial charge in [0.1, 0.15) is 24.7 Å². The van der Waals surface area contributed by atoms with Gasteiger partial charge in [-0.2, -0.15) is 0 Å². The van der Waals surface area contributed by atoms with Crippen LogP contribution < -0.4 is 9.47 Å². The summed E-state index contributed by atoms with van der Waals surface area (Å²) >= 11 is 12.4.